The summed E-state index contributed by atoms with van der Waals surface area (Å²) in [5.41, 5.74) is 0. The molecule has 1 aromatic heterocycles. The minimum Gasteiger partial charge on any atom is -0.488 e. The molecule has 4 rings (SSSR count). The van der Waals surface area contributed by atoms with E-state index in [4.69, 9.17) is 16.3 Å². The Morgan fingerprint density at radius 3 is 2.48 bits per heavy atom. The number of benzene rings is 1. The first-order valence-corrected chi connectivity index (χ1v) is 10.1. The van der Waals surface area contributed by atoms with Crippen LogP contribution in [0.1, 0.15) is 19.3 Å². The molecule has 0 amide bonds. The Balaban J connectivity index is 1.35. The molecule has 2 fully saturated rings. The fourth-order valence-corrected chi connectivity index (χ4v) is 4.28. The molecule has 1 saturated heterocycles. The number of aliphatic hydroxyl groups excluding tert-OH is 1. The zero-order valence-corrected chi connectivity index (χ0v) is 16.1. The van der Waals surface area contributed by atoms with Crippen molar-refractivity contribution in [2.75, 3.05) is 31.1 Å². The molecule has 1 saturated carbocycles. The predicted octanol–water partition coefficient (Wildman–Crippen LogP) is 3.22. The molecule has 0 bridgehead atoms. The van der Waals surface area contributed by atoms with Crippen molar-refractivity contribution in [1.29, 1.82) is 0 Å². The van der Waals surface area contributed by atoms with E-state index in [2.05, 4.69) is 20.9 Å². The number of anilines is 1. The van der Waals surface area contributed by atoms with Gasteiger partial charge in [-0.1, -0.05) is 17.7 Å². The first kappa shape index (κ1) is 18.5. The van der Waals surface area contributed by atoms with Gasteiger partial charge in [0.15, 0.2) is 0 Å². The number of halogens is 1. The number of hydrogen-bond acceptors (Lipinski definition) is 5. The van der Waals surface area contributed by atoms with Gasteiger partial charge in [-0.2, -0.15) is 0 Å². The van der Waals surface area contributed by atoms with Gasteiger partial charge in [0, 0.05) is 43.4 Å². The van der Waals surface area contributed by atoms with Crippen LogP contribution in [0, 0.1) is 0 Å². The Labute approximate surface area is 165 Å². The molecule has 2 heterocycles. The first-order valence-electron chi connectivity index (χ1n) is 9.71. The highest BCUT2D eigenvalue weighted by Gasteiger charge is 2.37. The minimum absolute atomic E-state index is 0.155. The third-order valence-electron chi connectivity index (χ3n) is 5.62. The van der Waals surface area contributed by atoms with E-state index in [9.17, 15) is 5.11 Å². The highest BCUT2D eigenvalue weighted by molar-refractivity contribution is 6.30. The van der Waals surface area contributed by atoms with Crippen LogP contribution in [0.15, 0.2) is 48.7 Å². The number of rotatable bonds is 4. The van der Waals surface area contributed by atoms with Crippen molar-refractivity contribution in [2.45, 2.75) is 37.5 Å². The first-order chi connectivity index (χ1) is 13.2. The average Bonchev–Trinajstić information content (AvgIpc) is 2.72. The van der Waals surface area contributed by atoms with E-state index in [1.165, 1.54) is 0 Å². The molecule has 1 N–H and O–H groups in total. The van der Waals surface area contributed by atoms with Gasteiger partial charge < -0.3 is 14.7 Å². The van der Waals surface area contributed by atoms with Gasteiger partial charge in [0.1, 0.15) is 23.8 Å². The summed E-state index contributed by atoms with van der Waals surface area (Å²) in [6.07, 6.45) is 4.17. The van der Waals surface area contributed by atoms with Crippen molar-refractivity contribution < 1.29 is 9.84 Å². The van der Waals surface area contributed by atoms with Gasteiger partial charge in [-0.3, -0.25) is 4.90 Å². The standard InChI is InChI=1S/C21H26ClN3O2/c22-16-7-9-17(10-8-16)27-19-5-3-4-18(21(19)26)24-12-14-25(15-13-24)20-6-1-2-11-23-20/h1-2,6-11,18-19,21,26H,3-5,12-15H2/t18-,19+,21+/m0/s1. The molecule has 1 aliphatic heterocycles. The Bertz CT molecular complexity index is 720. The Morgan fingerprint density at radius 1 is 1.00 bits per heavy atom. The molecule has 2 aromatic rings. The van der Waals surface area contributed by atoms with Crippen molar-refractivity contribution in [3.05, 3.63) is 53.7 Å². The molecular weight excluding hydrogens is 362 g/mol. The second kappa shape index (κ2) is 8.46. The molecule has 0 radical (unpaired) electrons. The maximum Gasteiger partial charge on any atom is 0.128 e. The summed E-state index contributed by atoms with van der Waals surface area (Å²) in [4.78, 5) is 9.18. The number of pyridine rings is 1. The van der Waals surface area contributed by atoms with E-state index in [0.717, 1.165) is 57.0 Å². The maximum absolute atomic E-state index is 11.0. The van der Waals surface area contributed by atoms with E-state index >= 15 is 0 Å². The Hall–Kier alpha value is -1.82. The van der Waals surface area contributed by atoms with E-state index in [0.29, 0.717) is 5.02 Å². The third kappa shape index (κ3) is 4.37. The highest BCUT2D eigenvalue weighted by atomic mass is 35.5. The lowest BCUT2D eigenvalue weighted by atomic mass is 9.88. The lowest BCUT2D eigenvalue weighted by Crippen LogP contribution is -2.58. The SMILES string of the molecule is O[C@H]1[C@H](Oc2ccc(Cl)cc2)CCC[C@@H]1N1CCN(c2ccccn2)CC1. The number of aromatic nitrogens is 1. The highest BCUT2D eigenvalue weighted by Crippen LogP contribution is 2.29. The minimum atomic E-state index is -0.476. The van der Waals surface area contributed by atoms with E-state index in [1.54, 1.807) is 0 Å². The van der Waals surface area contributed by atoms with Crippen molar-refractivity contribution in [2.24, 2.45) is 0 Å². The molecule has 0 spiro atoms. The van der Waals surface area contributed by atoms with Gasteiger partial charge in [-0.05, 0) is 55.7 Å². The lowest BCUT2D eigenvalue weighted by molar-refractivity contribution is -0.0546. The van der Waals surface area contributed by atoms with Crippen molar-refractivity contribution in [3.8, 4) is 5.75 Å². The van der Waals surface area contributed by atoms with Gasteiger partial charge in [0.25, 0.3) is 0 Å². The molecule has 27 heavy (non-hydrogen) atoms. The summed E-state index contributed by atoms with van der Waals surface area (Å²) < 4.78 is 6.08. The smallest absolute Gasteiger partial charge is 0.128 e. The van der Waals surface area contributed by atoms with E-state index < -0.39 is 6.10 Å². The topological polar surface area (TPSA) is 48.8 Å². The van der Waals surface area contributed by atoms with Gasteiger partial charge >= 0.3 is 0 Å². The third-order valence-corrected chi connectivity index (χ3v) is 5.87. The molecule has 0 unspecified atom stereocenters. The zero-order valence-electron chi connectivity index (χ0n) is 15.4. The maximum atomic E-state index is 11.0. The molecular formula is C21H26ClN3O2. The predicted molar refractivity (Wildman–Crippen MR) is 108 cm³/mol. The number of nitrogens with zero attached hydrogens (tertiary/aromatic N) is 3. The van der Waals surface area contributed by atoms with E-state index in [-0.39, 0.29) is 12.1 Å². The van der Waals surface area contributed by atoms with Crippen LogP contribution in [0.2, 0.25) is 5.02 Å². The summed E-state index contributed by atoms with van der Waals surface area (Å²) >= 11 is 5.94. The van der Waals surface area contributed by atoms with Crippen LogP contribution in [-0.4, -0.2) is 59.4 Å². The fourth-order valence-electron chi connectivity index (χ4n) is 4.16. The monoisotopic (exact) mass is 387 g/mol. The molecule has 1 aliphatic carbocycles. The molecule has 1 aromatic carbocycles. The van der Waals surface area contributed by atoms with Crippen LogP contribution in [0.5, 0.6) is 5.75 Å². The lowest BCUT2D eigenvalue weighted by Gasteiger charge is -2.45. The normalized spacial score (nSPS) is 26.7. The summed E-state index contributed by atoms with van der Waals surface area (Å²) in [6, 6.07) is 13.6. The molecule has 144 valence electrons. The second-order valence-corrected chi connectivity index (χ2v) is 7.75. The number of piperazine rings is 1. The van der Waals surface area contributed by atoms with Crippen LogP contribution in [0.25, 0.3) is 0 Å². The van der Waals surface area contributed by atoms with Crippen molar-refractivity contribution in [1.82, 2.24) is 9.88 Å². The Morgan fingerprint density at radius 2 is 1.78 bits per heavy atom. The Kier molecular flexibility index (Phi) is 5.81. The molecule has 5 nitrogen and oxygen atoms in total. The van der Waals surface area contributed by atoms with Gasteiger partial charge in [0.05, 0.1) is 0 Å². The van der Waals surface area contributed by atoms with Crippen LogP contribution in [0.4, 0.5) is 5.82 Å². The molecule has 2 aliphatic rings. The fraction of sp³-hybridized carbons (Fsp3) is 0.476. The van der Waals surface area contributed by atoms with Crippen LogP contribution in [-0.2, 0) is 0 Å². The summed E-state index contributed by atoms with van der Waals surface area (Å²) in [7, 11) is 0. The number of aliphatic hydroxyl groups is 1. The summed E-state index contributed by atoms with van der Waals surface area (Å²) in [6.45, 7) is 3.74. The summed E-state index contributed by atoms with van der Waals surface area (Å²) in [5.74, 6) is 1.80. The van der Waals surface area contributed by atoms with E-state index in [1.807, 2.05) is 42.6 Å². The van der Waals surface area contributed by atoms with Gasteiger partial charge in [-0.15, -0.1) is 0 Å². The largest absolute Gasteiger partial charge is 0.488 e. The quantitative estimate of drug-likeness (QED) is 0.872. The van der Waals surface area contributed by atoms with Crippen molar-refractivity contribution >= 4 is 17.4 Å². The average molecular weight is 388 g/mol. The van der Waals surface area contributed by atoms with Crippen molar-refractivity contribution in [3.63, 3.8) is 0 Å². The van der Waals surface area contributed by atoms with Crippen LogP contribution < -0.4 is 9.64 Å². The zero-order chi connectivity index (χ0) is 18.6. The number of ether oxygens (including phenoxy) is 1. The van der Waals surface area contributed by atoms with Gasteiger partial charge in [0.2, 0.25) is 0 Å². The van der Waals surface area contributed by atoms with Crippen LogP contribution in [0.3, 0.4) is 0 Å². The van der Waals surface area contributed by atoms with Crippen LogP contribution >= 0.6 is 11.6 Å². The number of hydrogen-bond donors (Lipinski definition) is 1. The molecule has 6 heteroatoms. The summed E-state index contributed by atoms with van der Waals surface area (Å²) in [5, 5.41) is 11.7. The van der Waals surface area contributed by atoms with Gasteiger partial charge in [-0.25, -0.2) is 4.98 Å². The second-order valence-electron chi connectivity index (χ2n) is 7.31. The molecule has 3 atom stereocenters.